The first-order valence-corrected chi connectivity index (χ1v) is 13.6. The topological polar surface area (TPSA) is 74.8 Å². The fourth-order valence-corrected chi connectivity index (χ4v) is 6.73. The molecule has 0 N–H and O–H groups in total. The highest BCUT2D eigenvalue weighted by molar-refractivity contribution is 9.10. The van der Waals surface area contributed by atoms with Crippen LogP contribution in [-0.4, -0.2) is 30.6 Å². The van der Waals surface area contributed by atoms with Crippen LogP contribution < -0.4 is 4.90 Å². The maximum atomic E-state index is 13.9. The molecule has 9 heteroatoms. The lowest BCUT2D eigenvalue weighted by molar-refractivity contribution is -0.122. The van der Waals surface area contributed by atoms with Crippen molar-refractivity contribution < 1.29 is 18.0 Å². The first-order chi connectivity index (χ1) is 16.3. The number of benzene rings is 3. The summed E-state index contributed by atoms with van der Waals surface area (Å²) in [6.45, 7) is 0.00465. The molecule has 4 aromatic rings. The van der Waals surface area contributed by atoms with Gasteiger partial charge >= 0.3 is 0 Å². The van der Waals surface area contributed by atoms with Gasteiger partial charge in [0.15, 0.2) is 0 Å². The minimum Gasteiger partial charge on any atom is -0.274 e. The highest BCUT2D eigenvalue weighted by Crippen LogP contribution is 2.32. The van der Waals surface area contributed by atoms with Gasteiger partial charge in [0.1, 0.15) is 6.04 Å². The van der Waals surface area contributed by atoms with Crippen molar-refractivity contribution in [3.8, 4) is 0 Å². The summed E-state index contributed by atoms with van der Waals surface area (Å²) in [5.41, 5.74) is 0.417. The molecule has 34 heavy (non-hydrogen) atoms. The lowest BCUT2D eigenvalue weighted by Gasteiger charge is -2.26. The molecule has 2 heterocycles. The number of hydrogen-bond acceptors (Lipinski definition) is 5. The number of rotatable bonds is 6. The number of carbonyl (C=O) groups excluding carboxylic acids is 2. The number of hydrogen-bond donors (Lipinski definition) is 0. The van der Waals surface area contributed by atoms with E-state index < -0.39 is 27.9 Å². The van der Waals surface area contributed by atoms with Gasteiger partial charge in [0.25, 0.3) is 5.91 Å². The standard InChI is InChI=1S/C25H19BrN2O4S2/c26-19-8-10-20(11-9-19)28-24(29)15-23(25(28)30)27(16-21-6-3-13-33-21)34(31,32)22-12-7-17-4-1-2-5-18(17)14-22/h1-14,23H,15-16H2. The van der Waals surface area contributed by atoms with E-state index in [1.54, 1.807) is 42.5 Å². The highest BCUT2D eigenvalue weighted by Gasteiger charge is 2.47. The van der Waals surface area contributed by atoms with Gasteiger partial charge in [-0.05, 0) is 58.6 Å². The molecule has 1 aliphatic heterocycles. The Kier molecular flexibility index (Phi) is 6.11. The Hall–Kier alpha value is -2.85. The average Bonchev–Trinajstić information content (AvgIpc) is 3.45. The van der Waals surface area contributed by atoms with Crippen LogP contribution >= 0.6 is 27.3 Å². The molecule has 5 rings (SSSR count). The van der Waals surface area contributed by atoms with Crippen LogP contribution in [0.25, 0.3) is 10.8 Å². The smallest absolute Gasteiger partial charge is 0.252 e. The Morgan fingerprint density at radius 2 is 1.68 bits per heavy atom. The largest absolute Gasteiger partial charge is 0.274 e. The van der Waals surface area contributed by atoms with Crippen LogP contribution in [0.3, 0.4) is 0 Å². The zero-order valence-electron chi connectivity index (χ0n) is 17.8. The summed E-state index contributed by atoms with van der Waals surface area (Å²) in [5, 5.41) is 3.55. The minimum absolute atomic E-state index is 0.00465. The molecule has 3 aromatic carbocycles. The summed E-state index contributed by atoms with van der Waals surface area (Å²) in [4.78, 5) is 28.3. The van der Waals surface area contributed by atoms with Gasteiger partial charge < -0.3 is 0 Å². The van der Waals surface area contributed by atoms with Crippen molar-refractivity contribution in [2.45, 2.75) is 23.9 Å². The zero-order chi connectivity index (χ0) is 23.9. The maximum absolute atomic E-state index is 13.9. The number of amides is 2. The quantitative estimate of drug-likeness (QED) is 0.307. The molecule has 172 valence electrons. The molecular weight excluding hydrogens is 536 g/mol. The number of thiophene rings is 1. The molecule has 1 aliphatic rings. The predicted molar refractivity (Wildman–Crippen MR) is 136 cm³/mol. The zero-order valence-corrected chi connectivity index (χ0v) is 21.0. The minimum atomic E-state index is -4.09. The van der Waals surface area contributed by atoms with Crippen molar-refractivity contribution in [2.75, 3.05) is 4.90 Å². The number of sulfonamides is 1. The summed E-state index contributed by atoms with van der Waals surface area (Å²) < 4.78 is 29.7. The number of halogens is 1. The van der Waals surface area contributed by atoms with Crippen molar-refractivity contribution in [1.29, 1.82) is 0 Å². The van der Waals surface area contributed by atoms with Crippen molar-refractivity contribution >= 4 is 65.6 Å². The summed E-state index contributed by atoms with van der Waals surface area (Å²) in [6, 6.07) is 21.7. The lowest BCUT2D eigenvalue weighted by atomic mass is 10.1. The van der Waals surface area contributed by atoms with Gasteiger partial charge in [-0.1, -0.05) is 52.3 Å². The van der Waals surface area contributed by atoms with Gasteiger partial charge in [-0.15, -0.1) is 11.3 Å². The monoisotopic (exact) mass is 554 g/mol. The molecule has 6 nitrogen and oxygen atoms in total. The SMILES string of the molecule is O=C1CC(N(Cc2cccs2)S(=O)(=O)c2ccc3ccccc3c2)C(=O)N1c1ccc(Br)cc1. The van der Waals surface area contributed by atoms with E-state index >= 15 is 0 Å². The maximum Gasteiger partial charge on any atom is 0.252 e. The van der Waals surface area contributed by atoms with Gasteiger partial charge in [-0.3, -0.25) is 9.59 Å². The van der Waals surface area contributed by atoms with Crippen LogP contribution in [0.1, 0.15) is 11.3 Å². The van der Waals surface area contributed by atoms with Crippen LogP contribution in [0, 0.1) is 0 Å². The van der Waals surface area contributed by atoms with Crippen LogP contribution in [-0.2, 0) is 26.2 Å². The second-order valence-corrected chi connectivity index (χ2v) is 11.7. The first-order valence-electron chi connectivity index (χ1n) is 10.5. The first kappa shape index (κ1) is 22.9. The van der Waals surface area contributed by atoms with Gasteiger partial charge in [0.2, 0.25) is 15.9 Å². The fourth-order valence-electron chi connectivity index (χ4n) is 4.08. The van der Waals surface area contributed by atoms with Gasteiger partial charge in [-0.2, -0.15) is 4.31 Å². The Labute approximate surface area is 209 Å². The molecule has 0 aliphatic carbocycles. The molecule has 0 saturated carbocycles. The van der Waals surface area contributed by atoms with E-state index in [1.807, 2.05) is 41.8 Å². The van der Waals surface area contributed by atoms with E-state index in [9.17, 15) is 18.0 Å². The number of fused-ring (bicyclic) bond motifs is 1. The van der Waals surface area contributed by atoms with Crippen LogP contribution in [0.4, 0.5) is 5.69 Å². The van der Waals surface area contributed by atoms with Crippen LogP contribution in [0.5, 0.6) is 0 Å². The van der Waals surface area contributed by atoms with E-state index in [0.29, 0.717) is 5.69 Å². The Morgan fingerprint density at radius 1 is 0.941 bits per heavy atom. The predicted octanol–water partition coefficient (Wildman–Crippen LogP) is 5.19. The number of nitrogens with zero attached hydrogens (tertiary/aromatic N) is 2. The third-order valence-corrected chi connectivity index (χ3v) is 9.02. The van der Waals surface area contributed by atoms with Crippen molar-refractivity contribution in [2.24, 2.45) is 0 Å². The van der Waals surface area contributed by atoms with Crippen molar-refractivity contribution in [3.05, 3.63) is 93.6 Å². The van der Waals surface area contributed by atoms with Crippen molar-refractivity contribution in [3.63, 3.8) is 0 Å². The van der Waals surface area contributed by atoms with Crippen LogP contribution in [0.2, 0.25) is 0 Å². The Bertz CT molecular complexity index is 1490. The Morgan fingerprint density at radius 3 is 2.38 bits per heavy atom. The highest BCUT2D eigenvalue weighted by atomic mass is 79.9. The van der Waals surface area contributed by atoms with Gasteiger partial charge in [0.05, 0.1) is 17.0 Å². The Balaban J connectivity index is 1.56. The number of imide groups is 1. The molecular formula is C25H19BrN2O4S2. The van der Waals surface area contributed by atoms with E-state index in [0.717, 1.165) is 25.0 Å². The molecule has 1 unspecified atom stereocenters. The summed E-state index contributed by atoms with van der Waals surface area (Å²) in [6.07, 6.45) is -0.215. The number of anilines is 1. The van der Waals surface area contributed by atoms with Crippen LogP contribution in [0.15, 0.2) is 93.6 Å². The van der Waals surface area contributed by atoms with Crippen molar-refractivity contribution in [1.82, 2.24) is 4.31 Å². The van der Waals surface area contributed by atoms with E-state index in [2.05, 4.69) is 15.9 Å². The molecule has 0 radical (unpaired) electrons. The number of carbonyl (C=O) groups is 2. The molecule has 1 saturated heterocycles. The fraction of sp³-hybridized carbons (Fsp3) is 0.120. The lowest BCUT2D eigenvalue weighted by Crippen LogP contribution is -2.44. The molecule has 0 spiro atoms. The average molecular weight is 555 g/mol. The summed E-state index contributed by atoms with van der Waals surface area (Å²) in [7, 11) is -4.09. The van der Waals surface area contributed by atoms with Gasteiger partial charge in [-0.25, -0.2) is 13.3 Å². The summed E-state index contributed by atoms with van der Waals surface area (Å²) in [5.74, 6) is -0.976. The molecule has 2 amide bonds. The van der Waals surface area contributed by atoms with E-state index in [4.69, 9.17) is 0 Å². The summed E-state index contributed by atoms with van der Waals surface area (Å²) >= 11 is 4.75. The molecule has 0 bridgehead atoms. The third kappa shape index (κ3) is 4.20. The normalized spacial score (nSPS) is 16.6. The van der Waals surface area contributed by atoms with E-state index in [-0.39, 0.29) is 17.9 Å². The molecule has 1 aromatic heterocycles. The third-order valence-electron chi connectivity index (χ3n) is 5.77. The van der Waals surface area contributed by atoms with Gasteiger partial charge in [0, 0.05) is 15.9 Å². The molecule has 1 fully saturated rings. The second kappa shape index (κ2) is 9.07. The second-order valence-electron chi connectivity index (χ2n) is 7.90. The van der Waals surface area contributed by atoms with E-state index in [1.165, 1.54) is 15.6 Å². The molecule has 1 atom stereocenters.